The van der Waals surface area contributed by atoms with Crippen LogP contribution in [-0.2, 0) is 16.6 Å². The maximum atomic E-state index is 13.1. The fourth-order valence-electron chi connectivity index (χ4n) is 3.17. The molecule has 1 aromatic carbocycles. The first-order valence-corrected chi connectivity index (χ1v) is 10.7. The smallest absolute Gasteiger partial charge is 0.226 e. The molecule has 0 aliphatic rings. The third-order valence-electron chi connectivity index (χ3n) is 4.98. The standard InChI is InChI=1S/C24H25FN6O2/c1-24(2,3)18-15-20(31(29-18)19-7-4-5-14-26-19)27-21(32)8-6-9-22-28-23(30-33-22)16-10-12-17(25)13-11-16/h4-5,7,10-15H,6,8-9H2,1-3H3,(H,27,32). The Bertz CT molecular complexity index is 1230. The van der Waals surface area contributed by atoms with Crippen LogP contribution < -0.4 is 5.32 Å². The van der Waals surface area contributed by atoms with Crippen LogP contribution in [0.3, 0.4) is 0 Å². The van der Waals surface area contributed by atoms with Crippen LogP contribution in [0, 0.1) is 5.82 Å². The molecule has 1 amide bonds. The summed E-state index contributed by atoms with van der Waals surface area (Å²) in [5, 5.41) is 11.5. The van der Waals surface area contributed by atoms with E-state index >= 15 is 0 Å². The van der Waals surface area contributed by atoms with E-state index in [4.69, 9.17) is 4.52 Å². The maximum Gasteiger partial charge on any atom is 0.226 e. The summed E-state index contributed by atoms with van der Waals surface area (Å²) in [4.78, 5) is 21.3. The minimum atomic E-state index is -0.326. The monoisotopic (exact) mass is 448 g/mol. The Morgan fingerprint density at radius 1 is 1.15 bits per heavy atom. The molecule has 0 aliphatic carbocycles. The van der Waals surface area contributed by atoms with Gasteiger partial charge >= 0.3 is 0 Å². The summed E-state index contributed by atoms with van der Waals surface area (Å²) in [5.41, 5.74) is 1.34. The van der Waals surface area contributed by atoms with E-state index in [0.717, 1.165) is 5.69 Å². The number of benzene rings is 1. The Hall–Kier alpha value is -3.88. The van der Waals surface area contributed by atoms with Gasteiger partial charge < -0.3 is 9.84 Å². The molecule has 0 radical (unpaired) electrons. The maximum absolute atomic E-state index is 13.1. The Kier molecular flexibility index (Phi) is 6.30. The van der Waals surface area contributed by atoms with E-state index in [0.29, 0.717) is 41.8 Å². The molecule has 33 heavy (non-hydrogen) atoms. The van der Waals surface area contributed by atoms with Crippen LogP contribution in [-0.4, -0.2) is 30.8 Å². The zero-order valence-electron chi connectivity index (χ0n) is 18.7. The van der Waals surface area contributed by atoms with E-state index in [2.05, 4.69) is 46.3 Å². The summed E-state index contributed by atoms with van der Waals surface area (Å²) in [5.74, 6) is 1.54. The molecule has 0 aliphatic heterocycles. The van der Waals surface area contributed by atoms with Crippen molar-refractivity contribution in [3.8, 4) is 17.2 Å². The number of aryl methyl sites for hydroxylation is 1. The molecule has 9 heteroatoms. The summed E-state index contributed by atoms with van der Waals surface area (Å²) in [7, 11) is 0. The van der Waals surface area contributed by atoms with Crippen molar-refractivity contribution in [3.63, 3.8) is 0 Å². The fraction of sp³-hybridized carbons (Fsp3) is 0.292. The first-order valence-electron chi connectivity index (χ1n) is 10.7. The Balaban J connectivity index is 1.38. The van der Waals surface area contributed by atoms with Gasteiger partial charge in [0.25, 0.3) is 0 Å². The van der Waals surface area contributed by atoms with Crippen molar-refractivity contribution >= 4 is 11.7 Å². The second-order valence-corrected chi connectivity index (χ2v) is 8.68. The third-order valence-corrected chi connectivity index (χ3v) is 4.98. The van der Waals surface area contributed by atoms with Gasteiger partial charge in [-0.3, -0.25) is 4.79 Å². The number of hydrogen-bond donors (Lipinski definition) is 1. The summed E-state index contributed by atoms with van der Waals surface area (Å²) in [6, 6.07) is 13.3. The van der Waals surface area contributed by atoms with Crippen LogP contribution in [0.1, 0.15) is 45.2 Å². The highest BCUT2D eigenvalue weighted by atomic mass is 19.1. The van der Waals surface area contributed by atoms with Gasteiger partial charge in [0.15, 0.2) is 5.82 Å². The van der Waals surface area contributed by atoms with E-state index in [-0.39, 0.29) is 23.6 Å². The van der Waals surface area contributed by atoms with E-state index in [9.17, 15) is 9.18 Å². The molecule has 0 saturated heterocycles. The van der Waals surface area contributed by atoms with Crippen molar-refractivity contribution in [2.75, 3.05) is 5.32 Å². The summed E-state index contributed by atoms with van der Waals surface area (Å²) >= 11 is 0. The van der Waals surface area contributed by atoms with Gasteiger partial charge in [0, 0.05) is 36.1 Å². The van der Waals surface area contributed by atoms with Crippen LogP contribution in [0.15, 0.2) is 59.3 Å². The van der Waals surface area contributed by atoms with E-state index in [1.165, 1.54) is 12.1 Å². The van der Waals surface area contributed by atoms with Crippen molar-refractivity contribution in [2.24, 2.45) is 0 Å². The van der Waals surface area contributed by atoms with E-state index in [1.54, 1.807) is 23.0 Å². The van der Waals surface area contributed by atoms with Gasteiger partial charge in [-0.25, -0.2) is 9.37 Å². The number of anilines is 1. The van der Waals surface area contributed by atoms with Crippen molar-refractivity contribution in [3.05, 3.63) is 72.1 Å². The highest BCUT2D eigenvalue weighted by Gasteiger charge is 2.22. The van der Waals surface area contributed by atoms with Crippen molar-refractivity contribution in [1.29, 1.82) is 0 Å². The quantitative estimate of drug-likeness (QED) is 0.439. The van der Waals surface area contributed by atoms with Gasteiger partial charge in [-0.15, -0.1) is 0 Å². The zero-order valence-corrected chi connectivity index (χ0v) is 18.7. The molecule has 170 valence electrons. The van der Waals surface area contributed by atoms with Crippen molar-refractivity contribution in [1.82, 2.24) is 24.9 Å². The molecule has 1 N–H and O–H groups in total. The molecule has 0 unspecified atom stereocenters. The Morgan fingerprint density at radius 3 is 2.64 bits per heavy atom. The predicted octanol–water partition coefficient (Wildman–Crippen LogP) is 4.72. The Morgan fingerprint density at radius 2 is 1.94 bits per heavy atom. The number of hydrogen-bond acceptors (Lipinski definition) is 6. The molecule has 0 bridgehead atoms. The SMILES string of the molecule is CC(C)(C)c1cc(NC(=O)CCCc2nc(-c3ccc(F)cc3)no2)n(-c2ccccn2)n1. The van der Waals surface area contributed by atoms with Crippen molar-refractivity contribution in [2.45, 2.75) is 45.4 Å². The van der Waals surface area contributed by atoms with Crippen LogP contribution in [0.4, 0.5) is 10.2 Å². The summed E-state index contributed by atoms with van der Waals surface area (Å²) < 4.78 is 20.0. The first-order chi connectivity index (χ1) is 15.8. The molecule has 3 heterocycles. The number of aromatic nitrogens is 5. The van der Waals surface area contributed by atoms with Gasteiger partial charge in [-0.1, -0.05) is 32.0 Å². The number of pyridine rings is 1. The largest absolute Gasteiger partial charge is 0.339 e. The minimum Gasteiger partial charge on any atom is -0.339 e. The van der Waals surface area contributed by atoms with Gasteiger partial charge in [-0.2, -0.15) is 14.8 Å². The van der Waals surface area contributed by atoms with Gasteiger partial charge in [0.05, 0.1) is 5.69 Å². The lowest BCUT2D eigenvalue weighted by atomic mass is 9.92. The van der Waals surface area contributed by atoms with Gasteiger partial charge in [-0.05, 0) is 42.8 Å². The minimum absolute atomic E-state index is 0.147. The molecule has 4 rings (SSSR count). The lowest BCUT2D eigenvalue weighted by Gasteiger charge is -2.13. The topological polar surface area (TPSA) is 98.7 Å². The highest BCUT2D eigenvalue weighted by Crippen LogP contribution is 2.26. The number of nitrogens with one attached hydrogen (secondary N) is 1. The molecule has 0 atom stereocenters. The summed E-state index contributed by atoms with van der Waals surface area (Å²) in [6.07, 6.45) is 2.94. The molecular formula is C24H25FN6O2. The lowest BCUT2D eigenvalue weighted by Crippen LogP contribution is -2.15. The first kappa shape index (κ1) is 22.3. The van der Waals surface area contributed by atoms with Gasteiger partial charge in [0.1, 0.15) is 11.6 Å². The van der Waals surface area contributed by atoms with Crippen molar-refractivity contribution < 1.29 is 13.7 Å². The zero-order chi connectivity index (χ0) is 23.4. The second kappa shape index (κ2) is 9.32. The summed E-state index contributed by atoms with van der Waals surface area (Å²) in [6.45, 7) is 6.19. The molecule has 4 aromatic rings. The predicted molar refractivity (Wildman–Crippen MR) is 121 cm³/mol. The van der Waals surface area contributed by atoms with Crippen LogP contribution in [0.2, 0.25) is 0 Å². The number of nitrogens with zero attached hydrogens (tertiary/aromatic N) is 5. The van der Waals surface area contributed by atoms with E-state index < -0.39 is 0 Å². The van der Waals surface area contributed by atoms with Crippen LogP contribution in [0.5, 0.6) is 0 Å². The molecule has 0 saturated carbocycles. The average molecular weight is 449 g/mol. The molecule has 0 fully saturated rings. The normalized spacial score (nSPS) is 11.5. The lowest BCUT2D eigenvalue weighted by molar-refractivity contribution is -0.116. The third kappa shape index (κ3) is 5.49. The molecule has 8 nitrogen and oxygen atoms in total. The number of carbonyl (C=O) groups is 1. The molecular weight excluding hydrogens is 423 g/mol. The average Bonchev–Trinajstić information content (AvgIpc) is 3.42. The number of carbonyl (C=O) groups excluding carboxylic acids is 1. The van der Waals surface area contributed by atoms with Crippen LogP contribution in [0.25, 0.3) is 17.2 Å². The number of rotatable bonds is 7. The highest BCUT2D eigenvalue weighted by molar-refractivity contribution is 5.90. The van der Waals surface area contributed by atoms with Crippen LogP contribution >= 0.6 is 0 Å². The second-order valence-electron chi connectivity index (χ2n) is 8.68. The molecule has 0 spiro atoms. The Labute approximate surface area is 190 Å². The molecule has 3 aromatic heterocycles. The number of amides is 1. The fourth-order valence-corrected chi connectivity index (χ4v) is 3.17. The number of halogens is 1. The van der Waals surface area contributed by atoms with Gasteiger partial charge in [0.2, 0.25) is 17.6 Å². The van der Waals surface area contributed by atoms with E-state index in [1.807, 2.05) is 24.3 Å².